The Morgan fingerprint density at radius 3 is 2.60 bits per heavy atom. The molecule has 0 radical (unpaired) electrons. The van der Waals surface area contributed by atoms with E-state index in [9.17, 15) is 13.6 Å². The van der Waals surface area contributed by atoms with Gasteiger partial charge < -0.3 is 11.1 Å². The van der Waals surface area contributed by atoms with Crippen LogP contribution in [-0.2, 0) is 4.79 Å². The smallest absolute Gasteiger partial charge is 0.224 e. The van der Waals surface area contributed by atoms with Crippen LogP contribution in [0, 0.1) is 17.6 Å². The summed E-state index contributed by atoms with van der Waals surface area (Å²) >= 11 is 0. The first-order valence-electron chi connectivity index (χ1n) is 6.57. The van der Waals surface area contributed by atoms with Crippen LogP contribution in [-0.4, -0.2) is 11.9 Å². The molecule has 1 aromatic rings. The van der Waals surface area contributed by atoms with Crippen LogP contribution in [0.25, 0.3) is 0 Å². The maximum absolute atomic E-state index is 13.0. The van der Waals surface area contributed by atoms with E-state index in [1.54, 1.807) is 0 Å². The summed E-state index contributed by atoms with van der Waals surface area (Å²) < 4.78 is 25.8. The molecule has 0 aliphatic heterocycles. The number of nitrogens with one attached hydrogen (secondary N) is 1. The van der Waals surface area contributed by atoms with Gasteiger partial charge in [-0.05, 0) is 30.9 Å². The number of amides is 1. The number of halogens is 3. The molecular formula is C14H19ClF2N2O. The summed E-state index contributed by atoms with van der Waals surface area (Å²) in [6.45, 7) is 0. The number of hydrogen-bond donors (Lipinski definition) is 2. The Morgan fingerprint density at radius 1 is 1.25 bits per heavy atom. The number of nitrogens with two attached hydrogens (primary N) is 1. The van der Waals surface area contributed by atoms with Crippen molar-refractivity contribution in [2.45, 2.75) is 38.1 Å². The van der Waals surface area contributed by atoms with Crippen LogP contribution in [0.15, 0.2) is 18.2 Å². The van der Waals surface area contributed by atoms with Crippen molar-refractivity contribution in [1.82, 2.24) is 0 Å². The molecule has 3 nitrogen and oxygen atoms in total. The van der Waals surface area contributed by atoms with E-state index in [-0.39, 0.29) is 36.0 Å². The largest absolute Gasteiger partial charge is 0.327 e. The standard InChI is InChI=1S/C14H18F2N2O.ClH/c15-11-6-5-10(8-12(11)16)18-14(19)7-9-3-1-2-4-13(9)17;/h5-6,8-9,13H,1-4,7,17H2,(H,18,19);1H. The van der Waals surface area contributed by atoms with Gasteiger partial charge >= 0.3 is 0 Å². The summed E-state index contributed by atoms with van der Waals surface area (Å²) in [6.07, 6.45) is 4.44. The Balaban J connectivity index is 0.00000200. The lowest BCUT2D eigenvalue weighted by Gasteiger charge is -2.27. The van der Waals surface area contributed by atoms with E-state index in [1.807, 2.05) is 0 Å². The molecule has 0 saturated heterocycles. The van der Waals surface area contributed by atoms with Gasteiger partial charge in [-0.1, -0.05) is 12.8 Å². The van der Waals surface area contributed by atoms with Crippen molar-refractivity contribution in [3.63, 3.8) is 0 Å². The van der Waals surface area contributed by atoms with Gasteiger partial charge in [0.1, 0.15) is 0 Å². The molecule has 1 aliphatic rings. The van der Waals surface area contributed by atoms with Crippen molar-refractivity contribution in [2.24, 2.45) is 11.7 Å². The van der Waals surface area contributed by atoms with Crippen molar-refractivity contribution in [1.29, 1.82) is 0 Å². The van der Waals surface area contributed by atoms with Crippen LogP contribution in [0.2, 0.25) is 0 Å². The first kappa shape index (κ1) is 16.9. The highest BCUT2D eigenvalue weighted by Crippen LogP contribution is 2.26. The Kier molecular flexibility index (Phi) is 6.36. The van der Waals surface area contributed by atoms with Crippen molar-refractivity contribution in [3.8, 4) is 0 Å². The van der Waals surface area contributed by atoms with E-state index in [0.717, 1.165) is 37.8 Å². The van der Waals surface area contributed by atoms with Crippen LogP contribution in [0.1, 0.15) is 32.1 Å². The monoisotopic (exact) mass is 304 g/mol. The quantitative estimate of drug-likeness (QED) is 0.901. The third kappa shape index (κ3) is 4.42. The van der Waals surface area contributed by atoms with Gasteiger partial charge in [-0.3, -0.25) is 4.79 Å². The second-order valence-corrected chi connectivity index (χ2v) is 5.09. The van der Waals surface area contributed by atoms with Crippen molar-refractivity contribution < 1.29 is 13.6 Å². The van der Waals surface area contributed by atoms with Crippen LogP contribution in [0.3, 0.4) is 0 Å². The van der Waals surface area contributed by atoms with Crippen LogP contribution in [0.4, 0.5) is 14.5 Å². The minimum absolute atomic E-state index is 0. The van der Waals surface area contributed by atoms with Gasteiger partial charge in [-0.15, -0.1) is 12.4 Å². The predicted molar refractivity (Wildman–Crippen MR) is 76.8 cm³/mol. The highest BCUT2D eigenvalue weighted by atomic mass is 35.5. The predicted octanol–water partition coefficient (Wildman–Crippen LogP) is 3.23. The SMILES string of the molecule is Cl.NC1CCCCC1CC(=O)Nc1ccc(F)c(F)c1. The molecule has 1 aliphatic carbocycles. The van der Waals surface area contributed by atoms with Gasteiger partial charge in [-0.25, -0.2) is 8.78 Å². The van der Waals surface area contributed by atoms with E-state index in [4.69, 9.17) is 5.73 Å². The number of carbonyl (C=O) groups excluding carboxylic acids is 1. The highest BCUT2D eigenvalue weighted by molar-refractivity contribution is 5.90. The van der Waals surface area contributed by atoms with Crippen molar-refractivity contribution in [3.05, 3.63) is 29.8 Å². The maximum Gasteiger partial charge on any atom is 0.224 e. The molecule has 1 saturated carbocycles. The zero-order valence-electron chi connectivity index (χ0n) is 11.1. The third-order valence-corrected chi connectivity index (χ3v) is 3.62. The molecule has 1 fully saturated rings. The number of carbonyl (C=O) groups is 1. The minimum Gasteiger partial charge on any atom is -0.327 e. The second-order valence-electron chi connectivity index (χ2n) is 5.09. The van der Waals surface area contributed by atoms with Gasteiger partial charge in [-0.2, -0.15) is 0 Å². The van der Waals surface area contributed by atoms with Gasteiger partial charge in [0.25, 0.3) is 0 Å². The zero-order valence-corrected chi connectivity index (χ0v) is 11.9. The van der Waals surface area contributed by atoms with E-state index in [2.05, 4.69) is 5.32 Å². The minimum atomic E-state index is -0.966. The molecular weight excluding hydrogens is 286 g/mol. The highest BCUT2D eigenvalue weighted by Gasteiger charge is 2.24. The molecule has 20 heavy (non-hydrogen) atoms. The topological polar surface area (TPSA) is 55.1 Å². The first-order chi connectivity index (χ1) is 9.06. The molecule has 3 N–H and O–H groups in total. The summed E-state index contributed by atoms with van der Waals surface area (Å²) in [5.74, 6) is -1.91. The molecule has 2 unspecified atom stereocenters. The summed E-state index contributed by atoms with van der Waals surface area (Å²) in [4.78, 5) is 11.8. The van der Waals surface area contributed by atoms with Crippen LogP contribution >= 0.6 is 12.4 Å². The molecule has 2 rings (SSSR count). The fourth-order valence-electron chi connectivity index (χ4n) is 2.51. The lowest BCUT2D eigenvalue weighted by molar-refractivity contribution is -0.117. The summed E-state index contributed by atoms with van der Waals surface area (Å²) in [5, 5.41) is 2.58. The van der Waals surface area contributed by atoms with Gasteiger partial charge in [0.15, 0.2) is 11.6 Å². The Bertz CT molecular complexity index is 470. The summed E-state index contributed by atoms with van der Waals surface area (Å²) in [6, 6.07) is 3.38. The third-order valence-electron chi connectivity index (χ3n) is 3.62. The van der Waals surface area contributed by atoms with Crippen molar-refractivity contribution in [2.75, 3.05) is 5.32 Å². The molecule has 0 aromatic heterocycles. The average molecular weight is 305 g/mol. The maximum atomic E-state index is 13.0. The summed E-state index contributed by atoms with van der Waals surface area (Å²) in [7, 11) is 0. The molecule has 2 atom stereocenters. The molecule has 0 bridgehead atoms. The Hall–Kier alpha value is -1.20. The zero-order chi connectivity index (χ0) is 13.8. The van der Waals surface area contributed by atoms with E-state index in [1.165, 1.54) is 6.07 Å². The first-order valence-corrected chi connectivity index (χ1v) is 6.57. The van der Waals surface area contributed by atoms with Gasteiger partial charge in [0.05, 0.1) is 0 Å². The number of hydrogen-bond acceptors (Lipinski definition) is 2. The average Bonchev–Trinajstić information content (AvgIpc) is 2.37. The number of benzene rings is 1. The Labute approximate surface area is 123 Å². The van der Waals surface area contributed by atoms with Gasteiger partial charge in [0, 0.05) is 24.2 Å². The van der Waals surface area contributed by atoms with Crippen LogP contribution in [0.5, 0.6) is 0 Å². The molecule has 1 aromatic carbocycles. The van der Waals surface area contributed by atoms with Crippen molar-refractivity contribution >= 4 is 24.0 Å². The molecule has 112 valence electrons. The second kappa shape index (κ2) is 7.55. The van der Waals surface area contributed by atoms with E-state index >= 15 is 0 Å². The normalized spacial score (nSPS) is 21.9. The number of rotatable bonds is 3. The molecule has 6 heteroatoms. The fraction of sp³-hybridized carbons (Fsp3) is 0.500. The lowest BCUT2D eigenvalue weighted by Crippen LogP contribution is -2.35. The Morgan fingerprint density at radius 2 is 1.95 bits per heavy atom. The van der Waals surface area contributed by atoms with E-state index in [0.29, 0.717) is 6.42 Å². The molecule has 0 spiro atoms. The summed E-state index contributed by atoms with van der Waals surface area (Å²) in [5.41, 5.74) is 6.25. The van der Waals surface area contributed by atoms with Gasteiger partial charge in [0.2, 0.25) is 5.91 Å². The molecule has 0 heterocycles. The number of anilines is 1. The molecule has 1 amide bonds. The fourth-order valence-corrected chi connectivity index (χ4v) is 2.51. The van der Waals surface area contributed by atoms with E-state index < -0.39 is 11.6 Å². The van der Waals surface area contributed by atoms with Crippen LogP contribution < -0.4 is 11.1 Å². The lowest BCUT2D eigenvalue weighted by atomic mass is 9.83.